The second-order valence-electron chi connectivity index (χ2n) is 7.22. The number of amides is 1. The molecule has 1 atom stereocenters. The molecule has 1 aliphatic rings. The Morgan fingerprint density at radius 3 is 2.66 bits per heavy atom. The fraction of sp³-hybridized carbons (Fsp3) is 0.450. The zero-order chi connectivity index (χ0) is 21.0. The highest BCUT2D eigenvalue weighted by Gasteiger charge is 2.31. The van der Waals surface area contributed by atoms with E-state index in [9.17, 15) is 13.2 Å². The van der Waals surface area contributed by atoms with Crippen molar-refractivity contribution in [3.8, 4) is 0 Å². The Labute approximate surface area is 172 Å². The summed E-state index contributed by atoms with van der Waals surface area (Å²) in [7, 11) is -0.194. The third-order valence-corrected chi connectivity index (χ3v) is 6.84. The summed E-state index contributed by atoms with van der Waals surface area (Å²) in [6, 6.07) is 10.7. The summed E-state index contributed by atoms with van der Waals surface area (Å²) >= 11 is 0. The number of hydrogen-bond donors (Lipinski definition) is 1. The maximum absolute atomic E-state index is 12.8. The molecule has 156 valence electrons. The van der Waals surface area contributed by atoms with E-state index in [1.165, 1.54) is 4.31 Å². The van der Waals surface area contributed by atoms with Crippen molar-refractivity contribution in [2.24, 2.45) is 0 Å². The molecule has 8 nitrogen and oxygen atoms in total. The van der Waals surface area contributed by atoms with Crippen LogP contribution in [0.2, 0.25) is 0 Å². The monoisotopic (exact) mass is 417 g/mol. The van der Waals surface area contributed by atoms with Crippen LogP contribution in [0.15, 0.2) is 36.4 Å². The molecule has 0 radical (unpaired) electrons. The van der Waals surface area contributed by atoms with Gasteiger partial charge in [0.1, 0.15) is 5.82 Å². The standard InChI is InChI=1S/C20H27N5O3S/c1-15(26)25-11-7-10-18(25)20-22-17(12-19(21-2)23-20)13-24(3)29(27,28)14-16-8-5-4-6-9-16/h4-6,8-9,12,18H,7,10-11,13-14H2,1-3H3,(H,21,22,23). The average molecular weight is 418 g/mol. The Kier molecular flexibility index (Phi) is 6.49. The Balaban J connectivity index is 1.82. The summed E-state index contributed by atoms with van der Waals surface area (Å²) < 4.78 is 26.8. The molecule has 0 bridgehead atoms. The van der Waals surface area contributed by atoms with Crippen molar-refractivity contribution in [2.45, 2.75) is 38.1 Å². The minimum Gasteiger partial charge on any atom is -0.373 e. The van der Waals surface area contributed by atoms with Gasteiger partial charge in [-0.3, -0.25) is 4.79 Å². The lowest BCUT2D eigenvalue weighted by Gasteiger charge is -2.23. The SMILES string of the molecule is CNc1cc(CN(C)S(=O)(=O)Cc2ccccc2)nc(C2CCCN2C(C)=O)n1. The topological polar surface area (TPSA) is 95.5 Å². The maximum atomic E-state index is 12.8. The molecule has 0 spiro atoms. The third-order valence-electron chi connectivity index (χ3n) is 5.06. The van der Waals surface area contributed by atoms with Gasteiger partial charge in [-0.2, -0.15) is 4.31 Å². The van der Waals surface area contributed by atoms with Crippen LogP contribution in [0.3, 0.4) is 0 Å². The first-order valence-electron chi connectivity index (χ1n) is 9.61. The number of aromatic nitrogens is 2. The first-order chi connectivity index (χ1) is 13.8. The number of nitrogens with one attached hydrogen (secondary N) is 1. The van der Waals surface area contributed by atoms with E-state index < -0.39 is 10.0 Å². The molecular formula is C20H27N5O3S. The van der Waals surface area contributed by atoms with Crippen LogP contribution in [-0.4, -0.2) is 54.1 Å². The number of anilines is 1. The fourth-order valence-electron chi connectivity index (χ4n) is 3.51. The molecule has 2 aromatic rings. The van der Waals surface area contributed by atoms with Crippen molar-refractivity contribution >= 4 is 21.7 Å². The van der Waals surface area contributed by atoms with E-state index in [-0.39, 0.29) is 24.2 Å². The van der Waals surface area contributed by atoms with Gasteiger partial charge >= 0.3 is 0 Å². The van der Waals surface area contributed by atoms with Gasteiger partial charge in [-0.05, 0) is 18.4 Å². The van der Waals surface area contributed by atoms with Crippen molar-refractivity contribution < 1.29 is 13.2 Å². The molecule has 3 rings (SSSR count). The van der Waals surface area contributed by atoms with E-state index in [0.29, 0.717) is 23.9 Å². The lowest BCUT2D eigenvalue weighted by atomic mass is 10.2. The minimum atomic E-state index is -3.50. The van der Waals surface area contributed by atoms with Crippen LogP contribution < -0.4 is 5.32 Å². The predicted octanol–water partition coefficient (Wildman–Crippen LogP) is 2.16. The van der Waals surface area contributed by atoms with Crippen molar-refractivity contribution in [3.63, 3.8) is 0 Å². The minimum absolute atomic E-state index is 0.00457. The molecule has 0 saturated carbocycles. The van der Waals surface area contributed by atoms with Crippen LogP contribution in [0.5, 0.6) is 0 Å². The molecule has 1 aliphatic heterocycles. The van der Waals surface area contributed by atoms with Gasteiger partial charge in [0.05, 0.1) is 24.0 Å². The van der Waals surface area contributed by atoms with Gasteiger partial charge in [0.2, 0.25) is 15.9 Å². The molecule has 29 heavy (non-hydrogen) atoms. The number of benzene rings is 1. The molecule has 2 heterocycles. The van der Waals surface area contributed by atoms with E-state index in [1.54, 1.807) is 44.1 Å². The van der Waals surface area contributed by atoms with Crippen molar-refractivity contribution in [1.29, 1.82) is 0 Å². The number of hydrogen-bond acceptors (Lipinski definition) is 6. The third kappa shape index (κ3) is 5.10. The fourth-order valence-corrected chi connectivity index (χ4v) is 4.67. The molecule has 1 N–H and O–H groups in total. The number of carbonyl (C=O) groups excluding carboxylic acids is 1. The van der Waals surface area contributed by atoms with Gasteiger partial charge in [-0.15, -0.1) is 0 Å². The summed E-state index contributed by atoms with van der Waals surface area (Å²) in [4.78, 5) is 22.8. The summed E-state index contributed by atoms with van der Waals surface area (Å²) in [6.07, 6.45) is 1.70. The van der Waals surface area contributed by atoms with Crippen LogP contribution in [0, 0.1) is 0 Å². The Morgan fingerprint density at radius 1 is 1.28 bits per heavy atom. The lowest BCUT2D eigenvalue weighted by molar-refractivity contribution is -0.129. The quantitative estimate of drug-likeness (QED) is 0.742. The Bertz CT molecular complexity index is 965. The first kappa shape index (κ1) is 21.2. The number of likely N-dealkylation sites (tertiary alicyclic amines) is 1. The molecule has 1 aromatic carbocycles. The lowest BCUT2D eigenvalue weighted by Crippen LogP contribution is -2.30. The van der Waals surface area contributed by atoms with E-state index in [4.69, 9.17) is 0 Å². The number of rotatable bonds is 7. The second-order valence-corrected chi connectivity index (χ2v) is 9.30. The highest BCUT2D eigenvalue weighted by molar-refractivity contribution is 7.88. The van der Waals surface area contributed by atoms with Crippen molar-refractivity contribution in [3.05, 3.63) is 53.5 Å². The molecule has 1 saturated heterocycles. The van der Waals surface area contributed by atoms with Crippen LogP contribution in [0.1, 0.15) is 42.9 Å². The number of sulfonamides is 1. The van der Waals surface area contributed by atoms with E-state index in [1.807, 2.05) is 18.2 Å². The molecule has 9 heteroatoms. The summed E-state index contributed by atoms with van der Waals surface area (Å²) in [6.45, 7) is 2.37. The van der Waals surface area contributed by atoms with Gasteiger partial charge in [-0.25, -0.2) is 18.4 Å². The van der Waals surface area contributed by atoms with Gasteiger partial charge in [0.15, 0.2) is 5.82 Å². The van der Waals surface area contributed by atoms with E-state index in [0.717, 1.165) is 18.4 Å². The highest BCUT2D eigenvalue weighted by Crippen LogP contribution is 2.30. The zero-order valence-corrected chi connectivity index (χ0v) is 17.8. The predicted molar refractivity (Wildman–Crippen MR) is 111 cm³/mol. The normalized spacial score (nSPS) is 17.0. The molecule has 1 fully saturated rings. The van der Waals surface area contributed by atoms with Gasteiger partial charge < -0.3 is 10.2 Å². The summed E-state index contributed by atoms with van der Waals surface area (Å²) in [5.41, 5.74) is 1.33. The smallest absolute Gasteiger partial charge is 0.220 e. The van der Waals surface area contributed by atoms with Crippen LogP contribution >= 0.6 is 0 Å². The van der Waals surface area contributed by atoms with Crippen molar-refractivity contribution in [1.82, 2.24) is 19.2 Å². The largest absolute Gasteiger partial charge is 0.373 e. The van der Waals surface area contributed by atoms with Crippen LogP contribution in [0.25, 0.3) is 0 Å². The van der Waals surface area contributed by atoms with Crippen LogP contribution in [-0.2, 0) is 27.1 Å². The van der Waals surface area contributed by atoms with E-state index in [2.05, 4.69) is 15.3 Å². The van der Waals surface area contributed by atoms with Gasteiger partial charge in [-0.1, -0.05) is 30.3 Å². The second kappa shape index (κ2) is 8.87. The van der Waals surface area contributed by atoms with Gasteiger partial charge in [0, 0.05) is 33.6 Å². The highest BCUT2D eigenvalue weighted by atomic mass is 32.2. The van der Waals surface area contributed by atoms with Crippen molar-refractivity contribution in [2.75, 3.05) is 26.0 Å². The number of nitrogens with zero attached hydrogens (tertiary/aromatic N) is 4. The molecule has 1 aromatic heterocycles. The van der Waals surface area contributed by atoms with Crippen LogP contribution in [0.4, 0.5) is 5.82 Å². The number of carbonyl (C=O) groups is 1. The Hall–Kier alpha value is -2.52. The first-order valence-corrected chi connectivity index (χ1v) is 11.2. The molecule has 1 unspecified atom stereocenters. The summed E-state index contributed by atoms with van der Waals surface area (Å²) in [5.74, 6) is 1.08. The van der Waals surface area contributed by atoms with E-state index >= 15 is 0 Å². The molecule has 1 amide bonds. The van der Waals surface area contributed by atoms with Gasteiger partial charge in [0.25, 0.3) is 0 Å². The molecule has 0 aliphatic carbocycles. The maximum Gasteiger partial charge on any atom is 0.220 e. The zero-order valence-electron chi connectivity index (χ0n) is 17.0. The Morgan fingerprint density at radius 2 is 2.00 bits per heavy atom. The summed E-state index contributed by atoms with van der Waals surface area (Å²) in [5, 5.41) is 3.00. The molecular weight excluding hydrogens is 390 g/mol. The average Bonchev–Trinajstić information content (AvgIpc) is 3.18.